The Balaban J connectivity index is 1.57. The number of nitrogens with one attached hydrogen (secondary N) is 1. The van der Waals surface area contributed by atoms with E-state index >= 15 is 0 Å². The highest BCUT2D eigenvalue weighted by Gasteiger charge is 2.46. The predicted molar refractivity (Wildman–Crippen MR) is 113 cm³/mol. The van der Waals surface area contributed by atoms with Gasteiger partial charge in [-0.1, -0.05) is 24.3 Å². The Morgan fingerprint density at radius 3 is 2.40 bits per heavy atom. The lowest BCUT2D eigenvalue weighted by Crippen LogP contribution is -2.37. The molecule has 1 aliphatic rings. The molecule has 2 aromatic carbocycles. The van der Waals surface area contributed by atoms with Crippen LogP contribution in [0.3, 0.4) is 0 Å². The SMILES string of the molecule is O=C(CC1C(=O)N(c2ccccc2)C(=O)N1Cc1cccs1)Nc1ccc(F)cc1. The van der Waals surface area contributed by atoms with Crippen LogP contribution in [0, 0.1) is 5.82 Å². The molecule has 0 radical (unpaired) electrons. The molecular formula is C22H18FN3O3S. The number of urea groups is 1. The minimum Gasteiger partial charge on any atom is -0.326 e. The third-order valence-electron chi connectivity index (χ3n) is 4.75. The van der Waals surface area contributed by atoms with Gasteiger partial charge in [-0.15, -0.1) is 11.3 Å². The summed E-state index contributed by atoms with van der Waals surface area (Å²) < 4.78 is 13.1. The highest BCUT2D eigenvalue weighted by atomic mass is 32.1. The fraction of sp³-hybridized carbons (Fsp3) is 0.136. The molecule has 0 spiro atoms. The van der Waals surface area contributed by atoms with Crippen molar-refractivity contribution < 1.29 is 18.8 Å². The average Bonchev–Trinajstić information content (AvgIpc) is 3.33. The van der Waals surface area contributed by atoms with Crippen molar-refractivity contribution in [3.8, 4) is 0 Å². The van der Waals surface area contributed by atoms with E-state index in [4.69, 9.17) is 0 Å². The summed E-state index contributed by atoms with van der Waals surface area (Å²) in [7, 11) is 0. The van der Waals surface area contributed by atoms with E-state index in [9.17, 15) is 18.8 Å². The lowest BCUT2D eigenvalue weighted by atomic mass is 10.1. The highest BCUT2D eigenvalue weighted by Crippen LogP contribution is 2.29. The molecule has 0 saturated carbocycles. The summed E-state index contributed by atoms with van der Waals surface area (Å²) >= 11 is 1.48. The molecule has 6 nitrogen and oxygen atoms in total. The maximum absolute atomic E-state index is 13.1. The molecule has 0 bridgehead atoms. The topological polar surface area (TPSA) is 69.7 Å². The van der Waals surface area contributed by atoms with E-state index in [1.807, 2.05) is 17.5 Å². The Hall–Kier alpha value is -3.52. The van der Waals surface area contributed by atoms with Crippen LogP contribution in [-0.2, 0) is 16.1 Å². The number of halogens is 1. The third kappa shape index (κ3) is 4.08. The molecule has 152 valence electrons. The maximum Gasteiger partial charge on any atom is 0.332 e. The average molecular weight is 423 g/mol. The van der Waals surface area contributed by atoms with Crippen molar-refractivity contribution in [1.29, 1.82) is 0 Å². The second-order valence-corrected chi connectivity index (χ2v) is 7.81. The second kappa shape index (κ2) is 8.46. The second-order valence-electron chi connectivity index (χ2n) is 6.77. The number of benzene rings is 2. The fourth-order valence-electron chi connectivity index (χ4n) is 3.32. The zero-order chi connectivity index (χ0) is 21.1. The van der Waals surface area contributed by atoms with Crippen LogP contribution in [0.4, 0.5) is 20.6 Å². The normalized spacial score (nSPS) is 16.2. The lowest BCUT2D eigenvalue weighted by molar-refractivity contribution is -0.124. The molecule has 0 aliphatic carbocycles. The van der Waals surface area contributed by atoms with Crippen LogP contribution in [-0.4, -0.2) is 28.8 Å². The van der Waals surface area contributed by atoms with Crippen LogP contribution in [0.5, 0.6) is 0 Å². The first-order chi connectivity index (χ1) is 14.5. The summed E-state index contributed by atoms with van der Waals surface area (Å²) in [6.45, 7) is 0.236. The number of carbonyl (C=O) groups excluding carboxylic acids is 3. The smallest absolute Gasteiger partial charge is 0.326 e. The van der Waals surface area contributed by atoms with Crippen LogP contribution in [0.1, 0.15) is 11.3 Å². The first kappa shape index (κ1) is 19.8. The van der Waals surface area contributed by atoms with Crippen LogP contribution in [0.15, 0.2) is 72.1 Å². The minimum absolute atomic E-state index is 0.198. The summed E-state index contributed by atoms with van der Waals surface area (Å²) in [5.74, 6) is -1.29. The first-order valence-corrected chi connectivity index (χ1v) is 10.2. The molecule has 8 heteroatoms. The zero-order valence-corrected chi connectivity index (χ0v) is 16.6. The molecule has 1 aliphatic heterocycles. The largest absolute Gasteiger partial charge is 0.332 e. The van der Waals surface area contributed by atoms with Crippen molar-refractivity contribution in [2.45, 2.75) is 19.0 Å². The molecule has 4 rings (SSSR count). The summed E-state index contributed by atoms with van der Waals surface area (Å²) in [6.07, 6.45) is -0.198. The lowest BCUT2D eigenvalue weighted by Gasteiger charge is -2.20. The summed E-state index contributed by atoms with van der Waals surface area (Å²) in [4.78, 5) is 42.3. The van der Waals surface area contributed by atoms with Gasteiger partial charge < -0.3 is 10.2 Å². The van der Waals surface area contributed by atoms with E-state index in [0.717, 1.165) is 9.78 Å². The Labute approximate surface area is 176 Å². The van der Waals surface area contributed by atoms with Gasteiger partial charge in [-0.3, -0.25) is 9.59 Å². The quantitative estimate of drug-likeness (QED) is 0.603. The van der Waals surface area contributed by atoms with Gasteiger partial charge in [0.1, 0.15) is 11.9 Å². The standard InChI is InChI=1S/C22H18FN3O3S/c23-15-8-10-16(11-9-15)24-20(27)13-19-21(28)26(17-5-2-1-3-6-17)22(29)25(19)14-18-7-4-12-30-18/h1-12,19H,13-14H2,(H,24,27). The van der Waals surface area contributed by atoms with Crippen LogP contribution in [0.2, 0.25) is 0 Å². The van der Waals surface area contributed by atoms with Crippen molar-refractivity contribution in [1.82, 2.24) is 4.90 Å². The molecule has 3 aromatic rings. The number of imide groups is 1. The van der Waals surface area contributed by atoms with Gasteiger partial charge >= 0.3 is 6.03 Å². The number of hydrogen-bond acceptors (Lipinski definition) is 4. The van der Waals surface area contributed by atoms with Crippen molar-refractivity contribution >= 4 is 40.6 Å². The van der Waals surface area contributed by atoms with Crippen molar-refractivity contribution in [2.75, 3.05) is 10.2 Å². The van der Waals surface area contributed by atoms with E-state index in [-0.39, 0.29) is 13.0 Å². The van der Waals surface area contributed by atoms with Gasteiger partial charge in [0.05, 0.1) is 18.7 Å². The molecule has 2 heterocycles. The fourth-order valence-corrected chi connectivity index (χ4v) is 4.02. The number of hydrogen-bond donors (Lipinski definition) is 1. The van der Waals surface area contributed by atoms with E-state index in [0.29, 0.717) is 11.4 Å². The molecule has 1 unspecified atom stereocenters. The Bertz CT molecular complexity index is 1060. The zero-order valence-electron chi connectivity index (χ0n) is 15.8. The van der Waals surface area contributed by atoms with E-state index < -0.39 is 29.7 Å². The summed E-state index contributed by atoms with van der Waals surface area (Å²) in [5, 5.41) is 4.55. The first-order valence-electron chi connectivity index (χ1n) is 9.30. The van der Waals surface area contributed by atoms with Gasteiger partial charge in [-0.25, -0.2) is 14.1 Å². The number of carbonyl (C=O) groups is 3. The Morgan fingerprint density at radius 1 is 1.00 bits per heavy atom. The molecule has 1 N–H and O–H groups in total. The van der Waals surface area contributed by atoms with E-state index in [2.05, 4.69) is 5.32 Å². The number of amides is 4. The summed E-state index contributed by atoms with van der Waals surface area (Å²) in [5.41, 5.74) is 0.882. The van der Waals surface area contributed by atoms with Crippen molar-refractivity contribution in [2.24, 2.45) is 0 Å². The number of para-hydroxylation sites is 1. The van der Waals surface area contributed by atoms with Crippen LogP contribution >= 0.6 is 11.3 Å². The molecule has 1 aromatic heterocycles. The monoisotopic (exact) mass is 423 g/mol. The van der Waals surface area contributed by atoms with Gasteiger partial charge in [0.25, 0.3) is 5.91 Å². The number of rotatable bonds is 6. The molecule has 1 atom stereocenters. The van der Waals surface area contributed by atoms with Crippen molar-refractivity contribution in [3.05, 3.63) is 82.8 Å². The van der Waals surface area contributed by atoms with Gasteiger partial charge in [0.15, 0.2) is 0 Å². The molecular weight excluding hydrogens is 405 g/mol. The Kier molecular flexibility index (Phi) is 5.58. The van der Waals surface area contributed by atoms with Crippen LogP contribution < -0.4 is 10.2 Å². The van der Waals surface area contributed by atoms with Gasteiger partial charge in [0, 0.05) is 10.6 Å². The van der Waals surface area contributed by atoms with Gasteiger partial charge in [0.2, 0.25) is 5.91 Å². The van der Waals surface area contributed by atoms with Gasteiger partial charge in [-0.05, 0) is 47.8 Å². The number of anilines is 2. The molecule has 1 saturated heterocycles. The van der Waals surface area contributed by atoms with Crippen LogP contribution in [0.25, 0.3) is 0 Å². The minimum atomic E-state index is -0.930. The number of nitrogens with zero attached hydrogens (tertiary/aromatic N) is 2. The molecule has 30 heavy (non-hydrogen) atoms. The van der Waals surface area contributed by atoms with E-state index in [1.54, 1.807) is 30.3 Å². The van der Waals surface area contributed by atoms with Crippen molar-refractivity contribution in [3.63, 3.8) is 0 Å². The predicted octanol–water partition coefficient (Wildman–Crippen LogP) is 4.25. The Morgan fingerprint density at radius 2 is 1.73 bits per heavy atom. The molecule has 4 amide bonds. The highest BCUT2D eigenvalue weighted by molar-refractivity contribution is 7.09. The third-order valence-corrected chi connectivity index (χ3v) is 5.61. The molecule has 1 fully saturated rings. The number of thiophene rings is 1. The van der Waals surface area contributed by atoms with E-state index in [1.165, 1.54) is 40.5 Å². The summed E-state index contributed by atoms with van der Waals surface area (Å²) in [6, 6.07) is 16.4. The van der Waals surface area contributed by atoms with Gasteiger partial charge in [-0.2, -0.15) is 0 Å². The maximum atomic E-state index is 13.1.